The molecule has 1 aliphatic rings. The van der Waals surface area contributed by atoms with Crippen molar-refractivity contribution in [2.75, 3.05) is 6.54 Å². The third-order valence-corrected chi connectivity index (χ3v) is 4.17. The SMILES string of the molecule is CCc1noc(CC)c1CC(=O)N1CC[C@@H](N)C[C@@H]1C. The highest BCUT2D eigenvalue weighted by Gasteiger charge is 2.28. The number of rotatable bonds is 4. The predicted molar refractivity (Wildman–Crippen MR) is 77.3 cm³/mol. The summed E-state index contributed by atoms with van der Waals surface area (Å²) in [6.07, 6.45) is 3.75. The van der Waals surface area contributed by atoms with Crippen LogP contribution in [0.5, 0.6) is 0 Å². The van der Waals surface area contributed by atoms with E-state index in [9.17, 15) is 4.79 Å². The van der Waals surface area contributed by atoms with Crippen LogP contribution in [0.15, 0.2) is 4.52 Å². The third kappa shape index (κ3) is 3.03. The summed E-state index contributed by atoms with van der Waals surface area (Å²) in [5.41, 5.74) is 7.85. The van der Waals surface area contributed by atoms with Gasteiger partial charge < -0.3 is 15.2 Å². The van der Waals surface area contributed by atoms with Crippen LogP contribution in [-0.4, -0.2) is 34.6 Å². The zero-order valence-electron chi connectivity index (χ0n) is 12.7. The smallest absolute Gasteiger partial charge is 0.227 e. The first-order valence-electron chi connectivity index (χ1n) is 7.58. The molecule has 0 unspecified atom stereocenters. The van der Waals surface area contributed by atoms with Crippen molar-refractivity contribution in [2.24, 2.45) is 5.73 Å². The van der Waals surface area contributed by atoms with Crippen molar-refractivity contribution in [3.05, 3.63) is 17.0 Å². The Bertz CT molecular complexity index is 448. The normalized spacial score (nSPS) is 23.1. The zero-order valence-corrected chi connectivity index (χ0v) is 12.7. The second-order valence-corrected chi connectivity index (χ2v) is 5.64. The minimum absolute atomic E-state index is 0.164. The highest BCUT2D eigenvalue weighted by atomic mass is 16.5. The monoisotopic (exact) mass is 279 g/mol. The molecule has 1 amide bonds. The molecule has 0 saturated carbocycles. The summed E-state index contributed by atoms with van der Waals surface area (Å²) in [7, 11) is 0. The molecule has 0 aromatic carbocycles. The number of amides is 1. The van der Waals surface area contributed by atoms with Gasteiger partial charge in [-0.2, -0.15) is 0 Å². The van der Waals surface area contributed by atoms with E-state index in [1.807, 2.05) is 18.7 Å². The number of aryl methyl sites for hydroxylation is 2. The second-order valence-electron chi connectivity index (χ2n) is 5.64. The Labute approximate surface area is 120 Å². The van der Waals surface area contributed by atoms with Gasteiger partial charge in [0.25, 0.3) is 0 Å². The fraction of sp³-hybridized carbons (Fsp3) is 0.733. The summed E-state index contributed by atoms with van der Waals surface area (Å²) in [6.45, 7) is 6.89. The predicted octanol–water partition coefficient (Wildman–Crippen LogP) is 1.68. The number of piperidine rings is 1. The van der Waals surface area contributed by atoms with E-state index in [4.69, 9.17) is 10.3 Å². The lowest BCUT2D eigenvalue weighted by molar-refractivity contribution is -0.133. The van der Waals surface area contributed by atoms with Crippen LogP contribution in [0.1, 0.15) is 50.6 Å². The number of likely N-dealkylation sites (tertiary alicyclic amines) is 1. The minimum atomic E-state index is 0.164. The van der Waals surface area contributed by atoms with E-state index >= 15 is 0 Å². The van der Waals surface area contributed by atoms with Gasteiger partial charge in [-0.05, 0) is 26.2 Å². The fourth-order valence-corrected chi connectivity index (χ4v) is 2.97. The Kier molecular flexibility index (Phi) is 4.81. The quantitative estimate of drug-likeness (QED) is 0.910. The van der Waals surface area contributed by atoms with Crippen LogP contribution in [0.3, 0.4) is 0 Å². The van der Waals surface area contributed by atoms with Gasteiger partial charge in [0.2, 0.25) is 5.91 Å². The van der Waals surface area contributed by atoms with Crippen LogP contribution >= 0.6 is 0 Å². The number of nitrogens with two attached hydrogens (primary N) is 1. The van der Waals surface area contributed by atoms with Crippen molar-refractivity contribution in [1.82, 2.24) is 10.1 Å². The van der Waals surface area contributed by atoms with Crippen molar-refractivity contribution in [3.8, 4) is 0 Å². The van der Waals surface area contributed by atoms with Crippen LogP contribution in [0.4, 0.5) is 0 Å². The first kappa shape index (κ1) is 15.0. The van der Waals surface area contributed by atoms with Crippen molar-refractivity contribution >= 4 is 5.91 Å². The number of carbonyl (C=O) groups excluding carboxylic acids is 1. The van der Waals surface area contributed by atoms with Gasteiger partial charge in [-0.25, -0.2) is 0 Å². The largest absolute Gasteiger partial charge is 0.361 e. The van der Waals surface area contributed by atoms with Gasteiger partial charge in [0.1, 0.15) is 5.76 Å². The highest BCUT2D eigenvalue weighted by Crippen LogP contribution is 2.21. The second kappa shape index (κ2) is 6.39. The van der Waals surface area contributed by atoms with Gasteiger partial charge in [-0.15, -0.1) is 0 Å². The van der Waals surface area contributed by atoms with Gasteiger partial charge in [-0.3, -0.25) is 4.79 Å². The average molecular weight is 279 g/mol. The van der Waals surface area contributed by atoms with Crippen LogP contribution in [0.2, 0.25) is 0 Å². The molecule has 0 aliphatic carbocycles. The van der Waals surface area contributed by atoms with Crippen LogP contribution in [0.25, 0.3) is 0 Å². The summed E-state index contributed by atoms with van der Waals surface area (Å²) in [6, 6.07) is 0.448. The molecule has 1 aliphatic heterocycles. The lowest BCUT2D eigenvalue weighted by Gasteiger charge is -2.36. The molecular formula is C15H25N3O2. The number of nitrogens with zero attached hydrogens (tertiary/aromatic N) is 2. The van der Waals surface area contributed by atoms with Gasteiger partial charge in [0.15, 0.2) is 0 Å². The third-order valence-electron chi connectivity index (χ3n) is 4.17. The van der Waals surface area contributed by atoms with Crippen molar-refractivity contribution in [1.29, 1.82) is 0 Å². The molecule has 2 atom stereocenters. The summed E-state index contributed by atoms with van der Waals surface area (Å²) >= 11 is 0. The summed E-state index contributed by atoms with van der Waals surface area (Å²) in [5, 5.41) is 4.07. The molecule has 1 saturated heterocycles. The van der Waals surface area contributed by atoms with E-state index in [1.165, 1.54) is 0 Å². The van der Waals surface area contributed by atoms with E-state index in [-0.39, 0.29) is 18.0 Å². The molecule has 1 fully saturated rings. The summed E-state index contributed by atoms with van der Waals surface area (Å²) in [4.78, 5) is 14.5. The minimum Gasteiger partial charge on any atom is -0.361 e. The van der Waals surface area contributed by atoms with Crippen LogP contribution in [0, 0.1) is 0 Å². The molecule has 0 bridgehead atoms. The standard InChI is InChI=1S/C15H25N3O2/c1-4-13-12(14(5-2)20-17-13)9-15(19)18-7-6-11(16)8-10(18)3/h10-11H,4-9,16H2,1-3H3/t10-,11+/m0/s1. The maximum absolute atomic E-state index is 12.5. The summed E-state index contributed by atoms with van der Waals surface area (Å²) in [5.74, 6) is 1.01. The van der Waals surface area contributed by atoms with E-state index < -0.39 is 0 Å². The molecule has 0 radical (unpaired) electrons. The molecular weight excluding hydrogens is 254 g/mol. The molecule has 2 N–H and O–H groups in total. The molecule has 1 aromatic heterocycles. The van der Waals surface area contributed by atoms with E-state index in [2.05, 4.69) is 12.1 Å². The van der Waals surface area contributed by atoms with Gasteiger partial charge in [0.05, 0.1) is 12.1 Å². The Morgan fingerprint density at radius 1 is 1.45 bits per heavy atom. The number of aromatic nitrogens is 1. The molecule has 112 valence electrons. The molecule has 2 rings (SSSR count). The lowest BCUT2D eigenvalue weighted by Crippen LogP contribution is -2.48. The van der Waals surface area contributed by atoms with Crippen molar-refractivity contribution in [3.63, 3.8) is 0 Å². The molecule has 5 nitrogen and oxygen atoms in total. The maximum atomic E-state index is 12.5. The molecule has 20 heavy (non-hydrogen) atoms. The lowest BCUT2D eigenvalue weighted by atomic mass is 9.97. The first-order valence-corrected chi connectivity index (χ1v) is 7.58. The molecule has 0 spiro atoms. The molecule has 5 heteroatoms. The Hall–Kier alpha value is -1.36. The van der Waals surface area contributed by atoms with Crippen molar-refractivity contribution in [2.45, 2.75) is 65.0 Å². The number of hydrogen-bond acceptors (Lipinski definition) is 4. The molecule has 2 heterocycles. The van der Waals surface area contributed by atoms with Gasteiger partial charge >= 0.3 is 0 Å². The Morgan fingerprint density at radius 2 is 2.20 bits per heavy atom. The highest BCUT2D eigenvalue weighted by molar-refractivity contribution is 5.79. The molecule has 1 aromatic rings. The Balaban J connectivity index is 2.09. The topological polar surface area (TPSA) is 72.4 Å². The van der Waals surface area contributed by atoms with Crippen LogP contribution < -0.4 is 5.73 Å². The van der Waals surface area contributed by atoms with Crippen molar-refractivity contribution < 1.29 is 9.32 Å². The van der Waals surface area contributed by atoms with Gasteiger partial charge in [-0.1, -0.05) is 19.0 Å². The Morgan fingerprint density at radius 3 is 2.80 bits per heavy atom. The number of hydrogen-bond donors (Lipinski definition) is 1. The van der Waals surface area contributed by atoms with E-state index in [0.717, 1.165) is 49.2 Å². The first-order chi connectivity index (χ1) is 9.56. The maximum Gasteiger partial charge on any atom is 0.227 e. The van der Waals surface area contributed by atoms with E-state index in [0.29, 0.717) is 6.42 Å². The van der Waals surface area contributed by atoms with Gasteiger partial charge in [0, 0.05) is 30.6 Å². The summed E-state index contributed by atoms with van der Waals surface area (Å²) < 4.78 is 5.33. The van der Waals surface area contributed by atoms with Crippen LogP contribution in [-0.2, 0) is 24.1 Å². The average Bonchev–Trinajstić information content (AvgIpc) is 2.80. The number of carbonyl (C=O) groups is 1. The van der Waals surface area contributed by atoms with E-state index in [1.54, 1.807) is 0 Å². The fourth-order valence-electron chi connectivity index (χ4n) is 2.97. The zero-order chi connectivity index (χ0) is 14.7.